The van der Waals surface area contributed by atoms with E-state index in [4.69, 9.17) is 9.97 Å². The van der Waals surface area contributed by atoms with Gasteiger partial charge in [-0.25, -0.2) is 9.97 Å². The molecule has 0 saturated heterocycles. The van der Waals surface area contributed by atoms with Crippen molar-refractivity contribution in [2.75, 3.05) is 0 Å². The summed E-state index contributed by atoms with van der Waals surface area (Å²) < 4.78 is 4.20. The summed E-state index contributed by atoms with van der Waals surface area (Å²) in [6.45, 7) is 0. The largest absolute Gasteiger partial charge is 0.488 e. The summed E-state index contributed by atoms with van der Waals surface area (Å²) in [5.74, 6) is 1.40. The first kappa shape index (κ1) is 23.2. The van der Waals surface area contributed by atoms with Gasteiger partial charge in [-0.2, -0.15) is 0 Å². The second-order valence-electron chi connectivity index (χ2n) is 9.41. The van der Waals surface area contributed by atoms with Crippen molar-refractivity contribution >= 4 is 34.6 Å². The lowest BCUT2D eigenvalue weighted by Crippen LogP contribution is -2.30. The number of para-hydroxylation sites is 6. The number of rotatable bonds is 5. The number of nitrogens with zero attached hydrogens (tertiary/aromatic N) is 4. The Hall–Kier alpha value is -4.98. The molecule has 0 aliphatic heterocycles. The zero-order chi connectivity index (χ0) is 26.3. The van der Waals surface area contributed by atoms with Crippen LogP contribution >= 0.6 is 0 Å². The predicted octanol–water partition coefficient (Wildman–Crippen LogP) is 5.38. The molecular weight excluding hydrogens is 483 g/mol. The quantitative estimate of drug-likeness (QED) is 0.308. The van der Waals surface area contributed by atoms with Crippen molar-refractivity contribution in [1.29, 1.82) is 0 Å². The molecule has 7 aromatic rings. The zero-order valence-electron chi connectivity index (χ0n) is 20.9. The van der Waals surface area contributed by atoms with Crippen LogP contribution in [-0.4, -0.2) is 36.3 Å². The Morgan fingerprint density at radius 3 is 1.33 bits per heavy atom. The molecule has 0 saturated carbocycles. The third kappa shape index (κ3) is 4.01. The Labute approximate surface area is 225 Å². The van der Waals surface area contributed by atoms with E-state index in [1.807, 2.05) is 115 Å². The minimum atomic E-state index is -1.66. The molecule has 2 aromatic heterocycles. The summed E-state index contributed by atoms with van der Waals surface area (Å²) in [6.07, 6.45) is 0. The van der Waals surface area contributed by atoms with E-state index in [0.717, 1.165) is 44.6 Å². The Morgan fingerprint density at radius 1 is 0.487 bits per heavy atom. The van der Waals surface area contributed by atoms with Gasteiger partial charge in [0.05, 0.1) is 22.1 Å². The van der Waals surface area contributed by atoms with E-state index in [-0.39, 0.29) is 0 Å². The van der Waals surface area contributed by atoms with Crippen molar-refractivity contribution in [3.05, 3.63) is 127 Å². The van der Waals surface area contributed by atoms with Gasteiger partial charge in [0.1, 0.15) is 11.6 Å². The lowest BCUT2D eigenvalue weighted by Gasteiger charge is -2.14. The third-order valence-corrected chi connectivity index (χ3v) is 6.92. The first-order valence-corrected chi connectivity index (χ1v) is 12.7. The number of hydrogen-bond acceptors (Lipinski definition) is 4. The SMILES string of the molecule is OB(O)c1cc(-c2nc3ccccc3n2-c2ccccc2)cc(-c2nc3ccccc3n2-c2ccccc2)c1. The second-order valence-corrected chi connectivity index (χ2v) is 9.41. The summed E-state index contributed by atoms with van der Waals surface area (Å²) in [6, 6.07) is 41.7. The van der Waals surface area contributed by atoms with Crippen LogP contribution in [0.5, 0.6) is 0 Å². The van der Waals surface area contributed by atoms with Crippen LogP contribution < -0.4 is 5.46 Å². The molecule has 0 fully saturated rings. The van der Waals surface area contributed by atoms with Crippen LogP contribution in [0.3, 0.4) is 0 Å². The molecule has 6 nitrogen and oxygen atoms in total. The summed E-state index contributed by atoms with van der Waals surface area (Å²) in [5, 5.41) is 20.6. The molecule has 0 bridgehead atoms. The monoisotopic (exact) mass is 506 g/mol. The Bertz CT molecular complexity index is 1810. The molecule has 39 heavy (non-hydrogen) atoms. The van der Waals surface area contributed by atoms with Crippen LogP contribution in [0.1, 0.15) is 0 Å². The maximum Gasteiger partial charge on any atom is 0.488 e. The molecule has 0 unspecified atom stereocenters. The molecule has 7 heteroatoms. The highest BCUT2D eigenvalue weighted by molar-refractivity contribution is 6.58. The van der Waals surface area contributed by atoms with Gasteiger partial charge < -0.3 is 10.0 Å². The molecule has 5 aromatic carbocycles. The molecule has 2 heterocycles. The van der Waals surface area contributed by atoms with Crippen molar-refractivity contribution in [2.24, 2.45) is 0 Å². The third-order valence-electron chi connectivity index (χ3n) is 6.92. The van der Waals surface area contributed by atoms with Crippen molar-refractivity contribution < 1.29 is 10.0 Å². The van der Waals surface area contributed by atoms with Crippen molar-refractivity contribution in [3.8, 4) is 34.2 Å². The molecule has 0 aliphatic carbocycles. The standard InChI is InChI=1S/C32H23BN4O2/c38-33(39)24-20-22(31-34-27-15-7-9-17-29(27)36(31)25-11-3-1-4-12-25)19-23(21-24)32-35-28-16-8-10-18-30(28)37(32)26-13-5-2-6-14-26/h1-21,38-39H. The number of fused-ring (bicyclic) bond motifs is 2. The fourth-order valence-corrected chi connectivity index (χ4v) is 5.18. The summed E-state index contributed by atoms with van der Waals surface area (Å²) in [7, 11) is -1.66. The average molecular weight is 506 g/mol. The van der Waals surface area contributed by atoms with E-state index in [9.17, 15) is 10.0 Å². The highest BCUT2D eigenvalue weighted by Crippen LogP contribution is 2.33. The van der Waals surface area contributed by atoms with E-state index < -0.39 is 7.12 Å². The van der Waals surface area contributed by atoms with Gasteiger partial charge in [0.15, 0.2) is 0 Å². The van der Waals surface area contributed by atoms with Crippen LogP contribution in [0, 0.1) is 0 Å². The smallest absolute Gasteiger partial charge is 0.423 e. The molecule has 186 valence electrons. The Kier molecular flexibility index (Phi) is 5.58. The maximum absolute atomic E-state index is 10.3. The zero-order valence-corrected chi connectivity index (χ0v) is 20.9. The average Bonchev–Trinajstić information content (AvgIpc) is 3.57. The van der Waals surface area contributed by atoms with E-state index in [0.29, 0.717) is 17.1 Å². The fourth-order valence-electron chi connectivity index (χ4n) is 5.18. The highest BCUT2D eigenvalue weighted by atomic mass is 16.4. The van der Waals surface area contributed by atoms with Crippen LogP contribution in [0.2, 0.25) is 0 Å². The van der Waals surface area contributed by atoms with Crippen molar-refractivity contribution in [1.82, 2.24) is 19.1 Å². The lowest BCUT2D eigenvalue weighted by molar-refractivity contribution is 0.426. The molecule has 0 aliphatic rings. The molecule has 0 radical (unpaired) electrons. The first-order valence-electron chi connectivity index (χ1n) is 12.7. The first-order chi connectivity index (χ1) is 19.2. The summed E-state index contributed by atoms with van der Waals surface area (Å²) in [5.41, 5.74) is 7.43. The van der Waals surface area contributed by atoms with Gasteiger partial charge in [-0.3, -0.25) is 9.13 Å². The number of aromatic nitrogens is 4. The second kappa shape index (κ2) is 9.40. The summed E-state index contributed by atoms with van der Waals surface area (Å²) in [4.78, 5) is 9.98. The van der Waals surface area contributed by atoms with Crippen LogP contribution in [0.15, 0.2) is 127 Å². The van der Waals surface area contributed by atoms with Gasteiger partial charge in [-0.1, -0.05) is 72.8 Å². The normalized spacial score (nSPS) is 11.3. The molecule has 0 atom stereocenters. The van der Waals surface area contributed by atoms with Gasteiger partial charge in [0, 0.05) is 22.5 Å². The van der Waals surface area contributed by atoms with Gasteiger partial charge in [-0.15, -0.1) is 0 Å². The number of benzene rings is 5. The molecule has 7 rings (SSSR count). The molecular formula is C32H23BN4O2. The predicted molar refractivity (Wildman–Crippen MR) is 156 cm³/mol. The van der Waals surface area contributed by atoms with E-state index in [2.05, 4.69) is 9.13 Å². The topological polar surface area (TPSA) is 76.1 Å². The van der Waals surface area contributed by atoms with E-state index >= 15 is 0 Å². The summed E-state index contributed by atoms with van der Waals surface area (Å²) >= 11 is 0. The fraction of sp³-hybridized carbons (Fsp3) is 0. The molecule has 2 N–H and O–H groups in total. The van der Waals surface area contributed by atoms with E-state index in [1.165, 1.54) is 0 Å². The molecule has 0 spiro atoms. The number of imidazole rings is 2. The van der Waals surface area contributed by atoms with Gasteiger partial charge in [-0.05, 0) is 60.1 Å². The van der Waals surface area contributed by atoms with Crippen molar-refractivity contribution in [3.63, 3.8) is 0 Å². The van der Waals surface area contributed by atoms with Crippen molar-refractivity contribution in [2.45, 2.75) is 0 Å². The van der Waals surface area contributed by atoms with E-state index in [1.54, 1.807) is 12.1 Å². The van der Waals surface area contributed by atoms with Crippen LogP contribution in [-0.2, 0) is 0 Å². The minimum Gasteiger partial charge on any atom is -0.423 e. The van der Waals surface area contributed by atoms with Gasteiger partial charge in [0.25, 0.3) is 0 Å². The van der Waals surface area contributed by atoms with Crippen LogP contribution in [0.25, 0.3) is 56.2 Å². The highest BCUT2D eigenvalue weighted by Gasteiger charge is 2.22. The Balaban J connectivity index is 1.52. The Morgan fingerprint density at radius 2 is 0.897 bits per heavy atom. The van der Waals surface area contributed by atoms with Gasteiger partial charge in [0.2, 0.25) is 0 Å². The van der Waals surface area contributed by atoms with Gasteiger partial charge >= 0.3 is 7.12 Å². The van der Waals surface area contributed by atoms with Crippen LogP contribution in [0.4, 0.5) is 0 Å². The minimum absolute atomic E-state index is 0.362. The number of hydrogen-bond donors (Lipinski definition) is 2. The molecule has 0 amide bonds. The maximum atomic E-state index is 10.3. The lowest BCUT2D eigenvalue weighted by atomic mass is 9.78.